The van der Waals surface area contributed by atoms with Gasteiger partial charge in [0.15, 0.2) is 23.1 Å². The number of fused-ring (bicyclic) bond motifs is 3. The van der Waals surface area contributed by atoms with Crippen LogP contribution in [0.5, 0.6) is 17.2 Å². The highest BCUT2D eigenvalue weighted by molar-refractivity contribution is 9.10. The summed E-state index contributed by atoms with van der Waals surface area (Å²) < 4.78 is 41.9. The van der Waals surface area contributed by atoms with E-state index in [1.165, 1.54) is 125 Å². The van der Waals surface area contributed by atoms with Gasteiger partial charge in [-0.1, -0.05) is 19.1 Å². The van der Waals surface area contributed by atoms with Crippen molar-refractivity contribution in [1.82, 2.24) is 79.4 Å². The van der Waals surface area contributed by atoms with E-state index in [1.54, 1.807) is 197 Å². The number of esters is 1. The van der Waals surface area contributed by atoms with E-state index in [4.69, 9.17) is 24.1 Å². The summed E-state index contributed by atoms with van der Waals surface area (Å²) in [5, 5.41) is 29.6. The predicted molar refractivity (Wildman–Crippen MR) is 573 cm³/mol. The second-order valence-corrected chi connectivity index (χ2v) is 56.2. The minimum absolute atomic E-state index is 0. The Hall–Kier alpha value is -6.67. The number of rotatable bonds is 20. The average molecular weight is 2340 g/mol. The Morgan fingerprint density at radius 1 is 0.538 bits per heavy atom. The van der Waals surface area contributed by atoms with Crippen molar-refractivity contribution >= 4 is 330 Å². The summed E-state index contributed by atoms with van der Waals surface area (Å²) in [6.07, 6.45) is 9.91. The quantitative estimate of drug-likeness (QED) is 0.0362. The van der Waals surface area contributed by atoms with Gasteiger partial charge in [-0.25, -0.2) is 44.3 Å². The van der Waals surface area contributed by atoms with Crippen LogP contribution in [0.2, 0.25) is 0 Å². The number of amides is 2. The zero-order valence-corrected chi connectivity index (χ0v) is 92.7. The van der Waals surface area contributed by atoms with Gasteiger partial charge < -0.3 is 39.6 Å². The minimum Gasteiger partial charge on any atom is -0.496 e. The van der Waals surface area contributed by atoms with Crippen LogP contribution in [0.1, 0.15) is 116 Å². The summed E-state index contributed by atoms with van der Waals surface area (Å²) in [5.41, 5.74) is 6.73. The fourth-order valence-electron chi connectivity index (χ4n) is 12.5. The van der Waals surface area contributed by atoms with Crippen LogP contribution in [0.4, 0.5) is 10.2 Å². The maximum absolute atomic E-state index is 14.5. The molecule has 3 N–H and O–H groups in total. The second kappa shape index (κ2) is 58.2. The number of carbonyl (C=O) groups excluding carboxylic acids is 7. The molecule has 2 aliphatic heterocycles. The lowest BCUT2D eigenvalue weighted by molar-refractivity contribution is -0.155. The second-order valence-electron chi connectivity index (χ2n) is 28.1. The van der Waals surface area contributed by atoms with Crippen molar-refractivity contribution in [3.63, 3.8) is 0 Å². The molecule has 2 amide bonds. The van der Waals surface area contributed by atoms with Crippen LogP contribution in [-0.4, -0.2) is 184 Å². The number of hydrogen-bond donors (Lipinski definition) is 3. The number of pyridine rings is 2. The number of aryl methyl sites for hydroxylation is 3. The van der Waals surface area contributed by atoms with Crippen LogP contribution < -0.4 is 24.8 Å². The molecule has 0 aliphatic carbocycles. The first-order chi connectivity index (χ1) is 62.5. The molecule has 55 heteroatoms. The van der Waals surface area contributed by atoms with Crippen molar-refractivity contribution in [1.29, 1.82) is 0 Å². The van der Waals surface area contributed by atoms with Gasteiger partial charge >= 0.3 is 11.9 Å². The van der Waals surface area contributed by atoms with Gasteiger partial charge in [0.2, 0.25) is 11.8 Å². The number of ketones is 4. The smallest absolute Gasteiger partial charge is 0.328 e. The van der Waals surface area contributed by atoms with E-state index < -0.39 is 41.6 Å². The number of Topliss-reactive ketones (excluding diaryl/α,β-unsaturated/α-hetero) is 4. The summed E-state index contributed by atoms with van der Waals surface area (Å²) in [7, 11) is 26.7. The molecule has 11 aromatic rings. The van der Waals surface area contributed by atoms with Gasteiger partial charge in [0.05, 0.1) is 56.9 Å². The van der Waals surface area contributed by atoms with Gasteiger partial charge in [0.25, 0.3) is 0 Å². The molecule has 0 saturated carbocycles. The summed E-state index contributed by atoms with van der Waals surface area (Å²) in [6.45, 7) is 17.1. The molecule has 8 aromatic heterocycles. The molecule has 3 aromatic carbocycles. The number of carboxylic acids is 1. The van der Waals surface area contributed by atoms with Crippen molar-refractivity contribution in [3.8, 4) is 50.6 Å². The lowest BCUT2D eigenvalue weighted by Gasteiger charge is -2.23. The van der Waals surface area contributed by atoms with Crippen LogP contribution >= 0.6 is 44.3 Å². The number of halogens is 4. The molecule has 2 aliphatic rings. The predicted octanol–water partition coefficient (Wildman–Crippen LogP) is 11.5. The lowest BCUT2D eigenvalue weighted by atomic mass is 10.0. The number of aliphatic carboxylic acids is 1. The number of likely N-dealkylation sites (tertiary alicyclic amines) is 1. The maximum Gasteiger partial charge on any atom is 0.328 e. The molecule has 2 saturated heterocycles. The van der Waals surface area contributed by atoms with Crippen LogP contribution in [0.25, 0.3) is 66.1 Å². The molecular weight excluding hydrogens is 2260 g/mol. The number of aromatic nitrogens is 14. The number of anilines is 1. The monoisotopic (exact) mass is 2330 g/mol. The van der Waals surface area contributed by atoms with E-state index in [2.05, 4.69) is 172 Å². The minimum atomic E-state index is -1.36. The molecule has 10 heterocycles. The third kappa shape index (κ3) is 35.7. The molecule has 4 atom stereocenters. The topological polar surface area (TPSA) is 378 Å². The molecule has 0 unspecified atom stereocenters. The number of carboxylic acid groups (broad SMARTS) is 1. The van der Waals surface area contributed by atoms with Crippen molar-refractivity contribution in [3.05, 3.63) is 159 Å². The number of carbonyl (C=O) groups is 8. The van der Waals surface area contributed by atoms with Gasteiger partial charge in [0, 0.05) is 338 Å². The highest BCUT2D eigenvalue weighted by Crippen LogP contribution is 2.39. The standard InChI is InChI=1S/C27H25BrFN7O4.C21H24N4O4.C17H16N4O4.C12H15BrN2O.ClH.S8.S7.S6/c1-14(37)26-19-8-18(16-10-30-15(2)31-11-16)22(40-3)9-20(19)36(34-26)13-25(38)35-12-17(29)7-21(35)27(39)33-24-6-4-5-23(28)32-24;1-12(26)20-16-7-15(14-9-22-13(2)23-10-14)18(28-6)8-17(16)25(24-20)11-19(27)29-21(3,4)5;1-9(22)17-13-4-12(11-6-18-10(2)19-7-11)15(25-3)5-14(13)21(20-17)8-16(23)24;1-8-5-10(14-7-8)11(16)6-9-3-2-4-12(13)15-9;;1-3-5-7-8-6-4-2;1-3-5-7-6-4-2;1-3-5-6-4-2/h4-6,8-11,17,21H,7,12-13H2,1-3H3,(H,32,33,39);7-10H,11H2,1-6H3;4-7H,8H2,1-3H3,(H,23,24);2-4,8,10,14H,5-7H2,1H3;1H;;;/t17-,21+;;;8-,10+;;;;/m1..1..../s1. The number of ether oxygens (including phenoxy) is 4. The van der Waals surface area contributed by atoms with Crippen LogP contribution in [0.3, 0.4) is 0 Å². The van der Waals surface area contributed by atoms with E-state index in [0.717, 1.165) is 40.0 Å². The van der Waals surface area contributed by atoms with Crippen molar-refractivity contribution < 1.29 is 66.8 Å². The summed E-state index contributed by atoms with van der Waals surface area (Å²) in [5.74, 6) is 1.29. The lowest BCUT2D eigenvalue weighted by Crippen LogP contribution is -2.44. The number of benzene rings is 3. The Morgan fingerprint density at radius 3 is 1.26 bits per heavy atom. The fourth-order valence-corrected chi connectivity index (χ4v) is 37.9. The Morgan fingerprint density at radius 2 is 0.909 bits per heavy atom. The SMILES string of the molecule is COc1cc2c(cc1-c1cnc(C)nc1)c(C(C)=O)nn2CC(=O)N1C[C@H](F)C[C@H]1C(=O)Nc1cccc(Br)n1.COc1cc2c(cc1-c1cnc(C)nc1)c(C(C)=O)nn2CC(=O)O.COc1cc2c(cc1-c1cnc(C)nc1)c(C(C)=O)nn2CC(=O)OC(C)(C)C.C[C@H]1CN[C@H](C(=O)Cc2cccc(Br)n2)C1.Cl.S=S=S=S=S=S.S=S=S=S=S=S=S.S=S=S=S=S=S=S=S. The number of nitrogens with zero attached hydrogens (tertiary/aromatic N) is 15. The van der Waals surface area contributed by atoms with Gasteiger partial charge in [-0.2, -0.15) is 15.3 Å². The Balaban J connectivity index is 0.000000259. The first kappa shape index (κ1) is 114. The Kier molecular flexibility index (Phi) is 50.2. The highest BCUT2D eigenvalue weighted by atomic mass is 79.9. The Labute approximate surface area is 853 Å². The number of alkyl halides is 1. The molecule has 30 nitrogen and oxygen atoms in total. The van der Waals surface area contributed by atoms with Gasteiger partial charge in [-0.15, -0.1) is 12.4 Å². The fraction of sp³-hybridized carbons (Fsp3) is 0.338. The molecule has 0 spiro atoms. The maximum atomic E-state index is 14.5. The summed E-state index contributed by atoms with van der Waals surface area (Å²) in [4.78, 5) is 133. The molecule has 2 fully saturated rings. The summed E-state index contributed by atoms with van der Waals surface area (Å²) in [6, 6.07) is 20.1. The largest absolute Gasteiger partial charge is 0.496 e. The molecule has 132 heavy (non-hydrogen) atoms. The highest BCUT2D eigenvalue weighted by Gasteiger charge is 2.41. The van der Waals surface area contributed by atoms with Gasteiger partial charge in [-0.3, -0.25) is 52.4 Å². The molecule has 0 radical (unpaired) electrons. The van der Waals surface area contributed by atoms with Crippen LogP contribution in [0.15, 0.2) is 119 Å². The molecule has 13 rings (SSSR count). The average Bonchev–Trinajstić information content (AvgIpc) is 1.62. The zero-order valence-electron chi connectivity index (χ0n) is 71.5. The first-order valence-electron chi connectivity index (χ1n) is 37.6. The Bertz CT molecular complexity index is 6770. The zero-order chi connectivity index (χ0) is 96.2. The molecular formula is C77H81Br2ClFN17O13S21. The third-order valence-corrected chi connectivity index (χ3v) is 45.4. The molecule has 0 bridgehead atoms. The van der Waals surface area contributed by atoms with E-state index in [-0.39, 0.29) is 97.1 Å². The first-order valence-corrected chi connectivity index (χ1v) is 63.2. The third-order valence-electron chi connectivity index (χ3n) is 17.8. The number of methoxy groups -OCH3 is 3. The molecule has 706 valence electrons. The van der Waals surface area contributed by atoms with Crippen LogP contribution in [-0.2, 0) is 255 Å². The van der Waals surface area contributed by atoms with E-state index >= 15 is 0 Å². The van der Waals surface area contributed by atoms with Crippen LogP contribution in [0, 0.1) is 26.7 Å². The van der Waals surface area contributed by atoms with Gasteiger partial charge in [-0.05, 0) is 135 Å². The van der Waals surface area contributed by atoms with Crippen molar-refractivity contribution in [2.24, 2.45) is 5.92 Å². The van der Waals surface area contributed by atoms with E-state index in [1.807, 2.05) is 24.3 Å². The van der Waals surface area contributed by atoms with E-state index in [9.17, 15) is 42.7 Å². The number of hydrogen-bond acceptors (Lipinski definition) is 30. The number of nitrogens with one attached hydrogen (secondary N) is 2. The normalized spacial score (nSPS) is 13.7. The van der Waals surface area contributed by atoms with Crippen molar-refractivity contribution in [2.75, 3.05) is 39.7 Å². The van der Waals surface area contributed by atoms with E-state index in [0.29, 0.717) is 101 Å². The van der Waals surface area contributed by atoms with Crippen molar-refractivity contribution in [2.45, 2.75) is 132 Å². The summed E-state index contributed by atoms with van der Waals surface area (Å²) >= 11 is 33.9. The van der Waals surface area contributed by atoms with Gasteiger partial charge in [0.1, 0.15) is 104 Å².